The van der Waals surface area contributed by atoms with Crippen LogP contribution in [0.4, 0.5) is 0 Å². The van der Waals surface area contributed by atoms with Gasteiger partial charge < -0.3 is 79.7 Å². The molecule has 4 amide bonds. The number of carboxylic acids is 1. The number of hydrogen-bond donors (Lipinski definition) is 9. The first kappa shape index (κ1) is 77.2. The Labute approximate surface area is 562 Å². The van der Waals surface area contributed by atoms with Gasteiger partial charge in [-0.1, -0.05) is 36.4 Å². The van der Waals surface area contributed by atoms with Gasteiger partial charge in [0.05, 0.1) is 18.2 Å². The summed E-state index contributed by atoms with van der Waals surface area (Å²) < 4.78 is 86.7. The summed E-state index contributed by atoms with van der Waals surface area (Å²) in [5.74, 6) is -2.55. The van der Waals surface area contributed by atoms with Crippen molar-refractivity contribution in [2.45, 2.75) is 33.1 Å². The fourth-order valence-electron chi connectivity index (χ4n) is 8.33. The van der Waals surface area contributed by atoms with Gasteiger partial charge in [-0.15, -0.1) is 0 Å². The summed E-state index contributed by atoms with van der Waals surface area (Å²) in [6.07, 6.45) is 1.94. The zero-order valence-corrected chi connectivity index (χ0v) is 54.4. The molecule has 516 valence electrons. The highest BCUT2D eigenvalue weighted by molar-refractivity contribution is 7.81. The van der Waals surface area contributed by atoms with Crippen molar-refractivity contribution in [3.05, 3.63) is 215 Å². The molecule has 0 saturated heterocycles. The van der Waals surface area contributed by atoms with Gasteiger partial charge >= 0.3 is 23.9 Å². The van der Waals surface area contributed by atoms with Gasteiger partial charge in [0.25, 0.3) is 44.4 Å². The van der Waals surface area contributed by atoms with Crippen LogP contribution in [0, 0.1) is 0 Å². The average Bonchev–Trinajstić information content (AvgIpc) is 0.833. The maximum absolute atomic E-state index is 12.4. The number of nitrogens with two attached hydrogens (primary N) is 2. The first-order chi connectivity index (χ1) is 46.5. The fourth-order valence-corrected chi connectivity index (χ4v) is 9.02. The summed E-state index contributed by atoms with van der Waals surface area (Å²) in [7, 11) is -8.47. The van der Waals surface area contributed by atoms with E-state index in [9.17, 15) is 69.4 Å². The summed E-state index contributed by atoms with van der Waals surface area (Å²) in [5, 5.41) is 42.4. The number of hydrogen-bond acceptors (Lipinski definition) is 23. The molecule has 98 heavy (non-hydrogen) atoms. The van der Waals surface area contributed by atoms with Crippen LogP contribution in [0.2, 0.25) is 0 Å². The van der Waals surface area contributed by atoms with E-state index in [0.29, 0.717) is 70.5 Å². The number of fused-ring (bicyclic) bond motifs is 3. The number of rotatable bonds is 22. The minimum absolute atomic E-state index is 0.104. The van der Waals surface area contributed by atoms with Crippen molar-refractivity contribution < 1.29 is 102 Å². The number of amides is 4. The maximum Gasteiger partial charge on any atom is 0.337 e. The van der Waals surface area contributed by atoms with Crippen molar-refractivity contribution in [1.29, 1.82) is 0 Å². The Hall–Kier alpha value is -11.5. The largest absolute Gasteiger partial charge is 0.716 e. The van der Waals surface area contributed by atoms with E-state index < -0.39 is 38.6 Å². The summed E-state index contributed by atoms with van der Waals surface area (Å²) in [5.41, 5.74) is 12.4. The first-order valence-electron chi connectivity index (χ1n) is 29.3. The van der Waals surface area contributed by atoms with E-state index in [-0.39, 0.29) is 76.9 Å². The quantitative estimate of drug-likeness (QED) is 0.0108. The van der Waals surface area contributed by atoms with Crippen LogP contribution in [0.5, 0.6) is 34.5 Å². The zero-order valence-electron chi connectivity index (χ0n) is 52.8. The second-order valence-electron chi connectivity index (χ2n) is 20.4. The van der Waals surface area contributed by atoms with Gasteiger partial charge in [0, 0.05) is 62.3 Å². The number of phenols is 2. The third-order valence-electron chi connectivity index (χ3n) is 12.9. The molecule has 0 aliphatic heterocycles. The van der Waals surface area contributed by atoms with Gasteiger partial charge in [-0.2, -0.15) is 0 Å². The SMILES string of the molecule is CC(=O)Oc1ccc2cc(C(=O)NCCCNC(=O)c3ccc(O)cc3)ccc2c1.CC(=O)Oc1ccc2cc(C(=O)O)ccc2c1.COC(=O)c1ccc(O)cc1.NCCCN.O=C(NCCCNC(=O)c1ccc2cc(OS(=O)(=O)[O-])ccc2c1)c1ccc(OS(=O)(=O)[O-])cc1. The summed E-state index contributed by atoms with van der Waals surface area (Å²) in [4.78, 5) is 92.3. The lowest BCUT2D eigenvalue weighted by Gasteiger charge is -2.11. The van der Waals surface area contributed by atoms with Crippen molar-refractivity contribution in [2.24, 2.45) is 11.5 Å². The lowest BCUT2D eigenvalue weighted by molar-refractivity contribution is -0.132. The molecule has 0 unspecified atom stereocenters. The van der Waals surface area contributed by atoms with Crippen LogP contribution in [-0.4, -0.2) is 135 Å². The second-order valence-corrected chi connectivity index (χ2v) is 22.4. The number of carbonyl (C=O) groups excluding carboxylic acids is 7. The molecule has 0 heterocycles. The minimum Gasteiger partial charge on any atom is -0.716 e. The van der Waals surface area contributed by atoms with E-state index in [1.54, 1.807) is 91.0 Å². The van der Waals surface area contributed by atoms with Crippen LogP contribution < -0.4 is 50.6 Å². The number of methoxy groups -OCH3 is 1. The van der Waals surface area contributed by atoms with Gasteiger partial charge in [0.2, 0.25) is 0 Å². The first-order valence-corrected chi connectivity index (χ1v) is 32.0. The Morgan fingerprint density at radius 2 is 0.673 bits per heavy atom. The zero-order chi connectivity index (χ0) is 72.0. The predicted octanol–water partition coefficient (Wildman–Crippen LogP) is 7.02. The number of phenolic OH excluding ortho intramolecular Hbond substituents is 2. The molecule has 0 aliphatic carbocycles. The van der Waals surface area contributed by atoms with Crippen molar-refractivity contribution in [2.75, 3.05) is 46.4 Å². The molecule has 0 spiro atoms. The maximum atomic E-state index is 12.4. The number of esters is 3. The lowest BCUT2D eigenvalue weighted by atomic mass is 10.1. The van der Waals surface area contributed by atoms with E-state index in [1.165, 1.54) is 112 Å². The number of ether oxygens (including phenoxy) is 3. The Morgan fingerprint density at radius 3 is 1.02 bits per heavy atom. The molecule has 0 aliphatic rings. The number of aromatic hydroxyl groups is 2. The van der Waals surface area contributed by atoms with Gasteiger partial charge in [-0.25, -0.2) is 26.4 Å². The number of nitrogens with one attached hydrogen (secondary N) is 4. The van der Waals surface area contributed by atoms with Gasteiger partial charge in [-0.3, -0.25) is 28.8 Å². The van der Waals surface area contributed by atoms with Crippen LogP contribution in [0.1, 0.15) is 95.3 Å². The highest BCUT2D eigenvalue weighted by Gasteiger charge is 2.13. The summed E-state index contributed by atoms with van der Waals surface area (Å²) in [6.45, 7) is 5.45. The number of carboxylic acid groups (broad SMARTS) is 1. The Kier molecular flexibility index (Phi) is 30.0. The van der Waals surface area contributed by atoms with Crippen molar-refractivity contribution in [3.63, 3.8) is 0 Å². The highest BCUT2D eigenvalue weighted by atomic mass is 32.3. The van der Waals surface area contributed by atoms with Crippen LogP contribution in [0.3, 0.4) is 0 Å². The fraction of sp³-hybridized carbons (Fsp3) is 0.176. The molecule has 9 aromatic rings. The monoisotopic (exact) mass is 1380 g/mol. The Balaban J connectivity index is 0.000000246. The predicted molar refractivity (Wildman–Crippen MR) is 357 cm³/mol. The minimum atomic E-state index is -4.90. The van der Waals surface area contributed by atoms with E-state index in [0.717, 1.165) is 41.1 Å². The van der Waals surface area contributed by atoms with Crippen LogP contribution in [0.15, 0.2) is 182 Å². The molecule has 9 rings (SSSR count). The normalized spacial score (nSPS) is 10.6. The third kappa shape index (κ3) is 27.4. The van der Waals surface area contributed by atoms with Crippen molar-refractivity contribution >= 4 is 101 Å². The molecule has 0 bridgehead atoms. The molecule has 30 heteroatoms. The molecule has 0 aromatic heterocycles. The highest BCUT2D eigenvalue weighted by Crippen LogP contribution is 2.26. The summed E-state index contributed by atoms with van der Waals surface area (Å²) in [6, 6.07) is 46.0. The van der Waals surface area contributed by atoms with Gasteiger partial charge in [0.15, 0.2) is 0 Å². The molecule has 0 radical (unpaired) electrons. The van der Waals surface area contributed by atoms with Crippen molar-refractivity contribution in [3.8, 4) is 34.5 Å². The van der Waals surface area contributed by atoms with Crippen LogP contribution in [0.25, 0.3) is 32.3 Å². The van der Waals surface area contributed by atoms with E-state index in [4.69, 9.17) is 31.2 Å². The number of benzene rings is 9. The molecule has 9 aromatic carbocycles. The van der Waals surface area contributed by atoms with E-state index in [2.05, 4.69) is 34.4 Å². The van der Waals surface area contributed by atoms with Crippen LogP contribution >= 0.6 is 0 Å². The topological polar surface area (TPSA) is 458 Å². The number of aromatic carboxylic acids is 1. The van der Waals surface area contributed by atoms with E-state index >= 15 is 0 Å². The molecule has 0 atom stereocenters. The smallest absolute Gasteiger partial charge is 0.337 e. The standard InChI is InChI=1S/C23H22N2O5.C21H20N2O10S2.C13H10O4.C8H8O3.C3H10N2/c1-15(26)30-21-10-7-17-13-19(4-3-18(17)14-21)23(29)25-12-2-11-24-22(28)16-5-8-20(27)9-6-16;24-20(14-4-7-18(8-5-14)32-34(26,27)28)22-10-1-11-23-21(25)17-3-2-16-13-19(33-35(29,30)31)9-6-15(16)12-17;1-8(14)17-12-5-4-9-6-11(13(15)16)3-2-10(9)7-12;1-11-8(10)6-2-4-7(9)5-3-6;4-2-1-3-5/h3-10,13-14,27H,2,11-12H2,1H3,(H,24,28)(H,25,29);2-9,12-13H,1,10-11H2,(H,22,24)(H,23,25)(H,26,27,28)(H,29,30,31);2-7H,1H3,(H,15,16);2-5,9H,1H3;1-5H2/p-2. The van der Waals surface area contributed by atoms with Gasteiger partial charge in [-0.05, 0) is 210 Å². The average molecular weight is 1390 g/mol. The Morgan fingerprint density at radius 1 is 0.388 bits per heavy atom. The third-order valence-corrected chi connectivity index (χ3v) is 13.7. The number of carbonyl (C=O) groups is 8. The van der Waals surface area contributed by atoms with Gasteiger partial charge in [0.1, 0.15) is 34.5 Å². The molecule has 11 N–H and O–H groups in total. The Bertz CT molecular complexity index is 4500. The molecule has 0 fully saturated rings. The second kappa shape index (κ2) is 38.1. The molecular weight excluding hydrogens is 1320 g/mol. The van der Waals surface area contributed by atoms with E-state index in [1.807, 2.05) is 0 Å². The van der Waals surface area contributed by atoms with Crippen LogP contribution in [-0.2, 0) is 35.1 Å². The van der Waals surface area contributed by atoms with Crippen molar-refractivity contribution in [1.82, 2.24) is 21.3 Å². The molecular formula is C68H68N6O22S2-2. The lowest BCUT2D eigenvalue weighted by Crippen LogP contribution is -2.29. The molecule has 28 nitrogen and oxygen atoms in total. The summed E-state index contributed by atoms with van der Waals surface area (Å²) >= 11 is 0. The molecule has 0 saturated carbocycles.